The van der Waals surface area contributed by atoms with Gasteiger partial charge in [-0.2, -0.15) is 0 Å². The standard InChI is InChI=1S/C14H19NO3/c1-3-17-14(18-4-2)15-12-8-6-5-7-11(12)9-10-13(15)16/h5-8,14H,3-4,9-10H2,1-2H3. The lowest BCUT2D eigenvalue weighted by Crippen LogP contribution is -2.46. The van der Waals surface area contributed by atoms with E-state index >= 15 is 0 Å². The second-order valence-corrected chi connectivity index (χ2v) is 4.11. The van der Waals surface area contributed by atoms with Gasteiger partial charge in [-0.1, -0.05) is 18.2 Å². The number of nitrogens with zero attached hydrogens (tertiary/aromatic N) is 1. The molecule has 4 nitrogen and oxygen atoms in total. The Morgan fingerprint density at radius 2 is 1.83 bits per heavy atom. The number of carbonyl (C=O) groups is 1. The molecule has 0 fully saturated rings. The molecule has 4 heteroatoms. The van der Waals surface area contributed by atoms with Crippen LogP contribution in [0.15, 0.2) is 24.3 Å². The van der Waals surface area contributed by atoms with Gasteiger partial charge in [0.05, 0.1) is 5.69 Å². The van der Waals surface area contributed by atoms with Crippen LogP contribution in [-0.2, 0) is 20.7 Å². The molecule has 0 atom stereocenters. The average Bonchev–Trinajstić information content (AvgIpc) is 2.38. The predicted octanol–water partition coefficient (Wildman–Crippen LogP) is 2.32. The van der Waals surface area contributed by atoms with Gasteiger partial charge in [0.1, 0.15) is 0 Å². The second kappa shape index (κ2) is 5.98. The number of hydrogen-bond donors (Lipinski definition) is 0. The number of anilines is 1. The van der Waals surface area contributed by atoms with Gasteiger partial charge in [-0.3, -0.25) is 9.69 Å². The summed E-state index contributed by atoms with van der Waals surface area (Å²) in [6.07, 6.45) is 0.679. The Kier molecular flexibility index (Phi) is 4.33. The molecular weight excluding hydrogens is 230 g/mol. The molecule has 0 aliphatic carbocycles. The SMILES string of the molecule is CCOC(OCC)N1C(=O)CCc2ccccc21. The highest BCUT2D eigenvalue weighted by molar-refractivity contribution is 5.96. The number of amides is 1. The first-order valence-corrected chi connectivity index (χ1v) is 6.41. The number of rotatable bonds is 5. The van der Waals surface area contributed by atoms with Crippen LogP contribution in [0.4, 0.5) is 5.69 Å². The van der Waals surface area contributed by atoms with Crippen molar-refractivity contribution in [3.05, 3.63) is 29.8 Å². The van der Waals surface area contributed by atoms with Crippen molar-refractivity contribution in [3.8, 4) is 0 Å². The fourth-order valence-electron chi connectivity index (χ4n) is 2.17. The molecule has 1 aromatic carbocycles. The Morgan fingerprint density at radius 1 is 1.17 bits per heavy atom. The van der Waals surface area contributed by atoms with Gasteiger partial charge in [-0.25, -0.2) is 0 Å². The van der Waals surface area contributed by atoms with E-state index in [1.165, 1.54) is 5.56 Å². The molecule has 1 aromatic rings. The van der Waals surface area contributed by atoms with Crippen LogP contribution in [0, 0.1) is 0 Å². The number of aryl methyl sites for hydroxylation is 1. The molecule has 1 amide bonds. The van der Waals surface area contributed by atoms with Gasteiger partial charge in [-0.05, 0) is 31.9 Å². The molecule has 2 rings (SSSR count). The lowest BCUT2D eigenvalue weighted by molar-refractivity contribution is -0.150. The fraction of sp³-hybridized carbons (Fsp3) is 0.500. The first-order valence-electron chi connectivity index (χ1n) is 6.41. The summed E-state index contributed by atoms with van der Waals surface area (Å²) in [4.78, 5) is 13.7. The molecule has 1 aliphatic heterocycles. The summed E-state index contributed by atoms with van der Waals surface area (Å²) in [5.74, 6) is 0.0561. The highest BCUT2D eigenvalue weighted by atomic mass is 16.7. The van der Waals surface area contributed by atoms with Crippen molar-refractivity contribution in [3.63, 3.8) is 0 Å². The zero-order valence-corrected chi connectivity index (χ0v) is 10.9. The maximum Gasteiger partial charge on any atom is 0.247 e. The molecule has 0 radical (unpaired) electrons. The fourth-order valence-corrected chi connectivity index (χ4v) is 2.17. The largest absolute Gasteiger partial charge is 0.335 e. The highest BCUT2D eigenvalue weighted by Gasteiger charge is 2.31. The van der Waals surface area contributed by atoms with Crippen LogP contribution < -0.4 is 4.90 Å². The van der Waals surface area contributed by atoms with Gasteiger partial charge >= 0.3 is 0 Å². The van der Waals surface area contributed by atoms with Gasteiger partial charge in [0.2, 0.25) is 12.3 Å². The van der Waals surface area contributed by atoms with Crippen LogP contribution in [0.3, 0.4) is 0 Å². The first-order chi connectivity index (χ1) is 8.77. The van der Waals surface area contributed by atoms with E-state index in [4.69, 9.17) is 9.47 Å². The second-order valence-electron chi connectivity index (χ2n) is 4.11. The number of hydrogen-bond acceptors (Lipinski definition) is 3. The molecule has 98 valence electrons. The summed E-state index contributed by atoms with van der Waals surface area (Å²) in [6.45, 7) is 4.81. The average molecular weight is 249 g/mol. The van der Waals surface area contributed by atoms with E-state index in [1.807, 2.05) is 38.1 Å². The molecule has 0 aromatic heterocycles. The van der Waals surface area contributed by atoms with Crippen molar-refractivity contribution >= 4 is 11.6 Å². The first kappa shape index (κ1) is 13.1. The lowest BCUT2D eigenvalue weighted by atomic mass is 10.0. The van der Waals surface area contributed by atoms with Crippen molar-refractivity contribution in [1.29, 1.82) is 0 Å². The smallest absolute Gasteiger partial charge is 0.247 e. The number of fused-ring (bicyclic) bond motifs is 1. The summed E-state index contributed by atoms with van der Waals surface area (Å²) >= 11 is 0. The summed E-state index contributed by atoms with van der Waals surface area (Å²) in [5, 5.41) is 0. The van der Waals surface area contributed by atoms with E-state index in [-0.39, 0.29) is 5.91 Å². The summed E-state index contributed by atoms with van der Waals surface area (Å²) in [7, 11) is 0. The third kappa shape index (κ3) is 2.54. The molecular formula is C14H19NO3. The van der Waals surface area contributed by atoms with Gasteiger partial charge in [0.15, 0.2) is 0 Å². The minimum Gasteiger partial charge on any atom is -0.335 e. The van der Waals surface area contributed by atoms with Crippen molar-refractivity contribution in [2.45, 2.75) is 33.1 Å². The molecule has 0 N–H and O–H groups in total. The van der Waals surface area contributed by atoms with E-state index in [0.717, 1.165) is 12.1 Å². The minimum atomic E-state index is -0.617. The van der Waals surface area contributed by atoms with E-state index in [1.54, 1.807) is 4.90 Å². The number of benzene rings is 1. The summed E-state index contributed by atoms with van der Waals surface area (Å²) in [6, 6.07) is 7.91. The quantitative estimate of drug-likeness (QED) is 0.752. The summed E-state index contributed by atoms with van der Waals surface area (Å²) < 4.78 is 11.1. The van der Waals surface area contributed by atoms with E-state index in [2.05, 4.69) is 0 Å². The molecule has 1 aliphatic rings. The number of ether oxygens (including phenoxy) is 2. The Hall–Kier alpha value is -1.39. The molecule has 0 bridgehead atoms. The number of para-hydroxylation sites is 1. The third-order valence-electron chi connectivity index (χ3n) is 2.96. The highest BCUT2D eigenvalue weighted by Crippen LogP contribution is 2.29. The van der Waals surface area contributed by atoms with Crippen LogP contribution >= 0.6 is 0 Å². The molecule has 0 spiro atoms. The zero-order chi connectivity index (χ0) is 13.0. The van der Waals surface area contributed by atoms with E-state index in [9.17, 15) is 4.79 Å². The van der Waals surface area contributed by atoms with Crippen LogP contribution in [0.5, 0.6) is 0 Å². The number of carbonyl (C=O) groups excluding carboxylic acids is 1. The van der Waals surface area contributed by atoms with Gasteiger partial charge in [0.25, 0.3) is 0 Å². The van der Waals surface area contributed by atoms with Crippen molar-refractivity contribution < 1.29 is 14.3 Å². The van der Waals surface area contributed by atoms with Crippen LogP contribution in [0.25, 0.3) is 0 Å². The maximum atomic E-state index is 12.1. The normalized spacial score (nSPS) is 15.1. The minimum absolute atomic E-state index is 0.0561. The third-order valence-corrected chi connectivity index (χ3v) is 2.96. The zero-order valence-electron chi connectivity index (χ0n) is 10.9. The van der Waals surface area contributed by atoms with E-state index < -0.39 is 6.41 Å². The van der Waals surface area contributed by atoms with Crippen molar-refractivity contribution in [1.82, 2.24) is 0 Å². The van der Waals surface area contributed by atoms with E-state index in [0.29, 0.717) is 19.6 Å². The molecule has 1 heterocycles. The molecule has 0 saturated heterocycles. The van der Waals surface area contributed by atoms with Gasteiger partial charge < -0.3 is 9.47 Å². The van der Waals surface area contributed by atoms with Crippen molar-refractivity contribution in [2.24, 2.45) is 0 Å². The Bertz CT molecular complexity index is 413. The Labute approximate surface area is 107 Å². The van der Waals surface area contributed by atoms with Crippen LogP contribution in [0.2, 0.25) is 0 Å². The summed E-state index contributed by atoms with van der Waals surface area (Å²) in [5.41, 5.74) is 2.07. The van der Waals surface area contributed by atoms with Crippen molar-refractivity contribution in [2.75, 3.05) is 18.1 Å². The molecule has 0 unspecified atom stereocenters. The van der Waals surface area contributed by atoms with Crippen LogP contribution in [0.1, 0.15) is 25.8 Å². The van der Waals surface area contributed by atoms with Gasteiger partial charge in [-0.15, -0.1) is 0 Å². The lowest BCUT2D eigenvalue weighted by Gasteiger charge is -2.34. The maximum absolute atomic E-state index is 12.1. The Morgan fingerprint density at radius 3 is 2.50 bits per heavy atom. The van der Waals surface area contributed by atoms with Gasteiger partial charge in [0, 0.05) is 19.6 Å². The topological polar surface area (TPSA) is 38.8 Å². The van der Waals surface area contributed by atoms with Crippen LogP contribution in [-0.4, -0.2) is 25.5 Å². The molecule has 0 saturated carbocycles. The predicted molar refractivity (Wildman–Crippen MR) is 69.3 cm³/mol. The molecule has 18 heavy (non-hydrogen) atoms. The monoisotopic (exact) mass is 249 g/mol. The Balaban J connectivity index is 2.31.